The molecule has 0 aliphatic heterocycles. The van der Waals surface area contributed by atoms with Gasteiger partial charge in [0.05, 0.1) is 18.7 Å². The molecule has 0 spiro atoms. The van der Waals surface area contributed by atoms with Gasteiger partial charge >= 0.3 is 0 Å². The predicted molar refractivity (Wildman–Crippen MR) is 80.6 cm³/mol. The Labute approximate surface area is 121 Å². The maximum absolute atomic E-state index is 8.99. The molecule has 1 fully saturated rings. The van der Waals surface area contributed by atoms with Gasteiger partial charge in [-0.2, -0.15) is 5.26 Å². The van der Waals surface area contributed by atoms with E-state index in [4.69, 9.17) is 10.00 Å². The Balaban J connectivity index is 1.96. The average molecular weight is 272 g/mol. The van der Waals surface area contributed by atoms with Crippen molar-refractivity contribution in [1.82, 2.24) is 5.32 Å². The van der Waals surface area contributed by atoms with Gasteiger partial charge in [0.2, 0.25) is 0 Å². The molecule has 1 aliphatic rings. The van der Waals surface area contributed by atoms with Crippen LogP contribution in [0.5, 0.6) is 5.75 Å². The van der Waals surface area contributed by atoms with Crippen molar-refractivity contribution in [3.8, 4) is 11.8 Å². The van der Waals surface area contributed by atoms with Crippen LogP contribution in [-0.2, 0) is 6.54 Å². The summed E-state index contributed by atoms with van der Waals surface area (Å²) < 4.78 is 5.37. The average Bonchev–Trinajstić information content (AvgIpc) is 2.45. The van der Waals surface area contributed by atoms with Crippen molar-refractivity contribution in [2.75, 3.05) is 7.11 Å². The fourth-order valence-electron chi connectivity index (χ4n) is 2.84. The van der Waals surface area contributed by atoms with Gasteiger partial charge in [0, 0.05) is 18.2 Å². The molecule has 1 aromatic carbocycles. The fraction of sp³-hybridized carbons (Fsp3) is 0.588. The molecule has 0 saturated heterocycles. The number of nitriles is 1. The Kier molecular flexibility index (Phi) is 4.67. The maximum Gasteiger partial charge on any atom is 0.123 e. The number of rotatable bonds is 4. The van der Waals surface area contributed by atoms with Crippen LogP contribution in [0, 0.1) is 16.7 Å². The lowest BCUT2D eigenvalue weighted by atomic mass is 9.75. The Morgan fingerprint density at radius 3 is 2.65 bits per heavy atom. The first-order valence-electron chi connectivity index (χ1n) is 7.34. The van der Waals surface area contributed by atoms with E-state index in [2.05, 4.69) is 25.2 Å². The maximum atomic E-state index is 8.99. The zero-order chi connectivity index (χ0) is 14.6. The van der Waals surface area contributed by atoms with Crippen LogP contribution >= 0.6 is 0 Å². The molecule has 0 amide bonds. The Morgan fingerprint density at radius 1 is 1.35 bits per heavy atom. The van der Waals surface area contributed by atoms with Gasteiger partial charge in [0.25, 0.3) is 0 Å². The first-order chi connectivity index (χ1) is 9.54. The highest BCUT2D eigenvalue weighted by Crippen LogP contribution is 2.35. The van der Waals surface area contributed by atoms with Gasteiger partial charge in [-0.15, -0.1) is 0 Å². The molecule has 1 N–H and O–H groups in total. The predicted octanol–water partition coefficient (Wildman–Crippen LogP) is 3.63. The lowest BCUT2D eigenvalue weighted by Gasteiger charge is -2.34. The van der Waals surface area contributed by atoms with Crippen LogP contribution < -0.4 is 10.1 Å². The molecule has 2 rings (SSSR count). The van der Waals surface area contributed by atoms with Gasteiger partial charge in [-0.1, -0.05) is 13.8 Å². The monoisotopic (exact) mass is 272 g/mol. The molecule has 108 valence electrons. The second-order valence-electron chi connectivity index (χ2n) is 6.46. The molecule has 1 aliphatic carbocycles. The number of methoxy groups -OCH3 is 1. The summed E-state index contributed by atoms with van der Waals surface area (Å²) in [6, 6.07) is 8.35. The topological polar surface area (TPSA) is 45.0 Å². The molecule has 3 nitrogen and oxygen atoms in total. The van der Waals surface area contributed by atoms with Gasteiger partial charge in [0.1, 0.15) is 5.75 Å². The minimum Gasteiger partial charge on any atom is -0.496 e. The van der Waals surface area contributed by atoms with Crippen molar-refractivity contribution in [3.05, 3.63) is 29.3 Å². The highest BCUT2D eigenvalue weighted by Gasteiger charge is 2.26. The van der Waals surface area contributed by atoms with Crippen molar-refractivity contribution in [1.29, 1.82) is 5.26 Å². The van der Waals surface area contributed by atoms with Crippen LogP contribution in [0.3, 0.4) is 0 Å². The first-order valence-corrected chi connectivity index (χ1v) is 7.34. The van der Waals surface area contributed by atoms with E-state index in [1.54, 1.807) is 13.2 Å². The molecular weight excluding hydrogens is 248 g/mol. The molecule has 3 heteroatoms. The van der Waals surface area contributed by atoms with Crippen LogP contribution in [0.15, 0.2) is 18.2 Å². The Hall–Kier alpha value is -1.53. The minimum absolute atomic E-state index is 0.497. The van der Waals surface area contributed by atoms with Gasteiger partial charge in [-0.3, -0.25) is 0 Å². The zero-order valence-electron chi connectivity index (χ0n) is 12.7. The van der Waals surface area contributed by atoms with E-state index in [0.29, 0.717) is 17.0 Å². The van der Waals surface area contributed by atoms with E-state index in [-0.39, 0.29) is 0 Å². The highest BCUT2D eigenvalue weighted by atomic mass is 16.5. The van der Waals surface area contributed by atoms with Crippen molar-refractivity contribution >= 4 is 0 Å². The van der Waals surface area contributed by atoms with Gasteiger partial charge < -0.3 is 10.1 Å². The minimum atomic E-state index is 0.497. The molecule has 1 saturated carbocycles. The third-order valence-corrected chi connectivity index (χ3v) is 4.33. The molecule has 0 aromatic heterocycles. The number of benzene rings is 1. The van der Waals surface area contributed by atoms with Crippen LogP contribution in [0.4, 0.5) is 0 Å². The number of hydrogen-bond donors (Lipinski definition) is 1. The summed E-state index contributed by atoms with van der Waals surface area (Å²) in [6.07, 6.45) is 5.01. The molecule has 0 atom stereocenters. The SMILES string of the molecule is COc1ccc(C#N)cc1CNC1CCC(C)(C)CC1. The first kappa shape index (κ1) is 14.9. The Bertz CT molecular complexity index is 492. The summed E-state index contributed by atoms with van der Waals surface area (Å²) in [5.41, 5.74) is 2.25. The summed E-state index contributed by atoms with van der Waals surface area (Å²) in [5.74, 6) is 0.854. The van der Waals surface area contributed by atoms with Crippen molar-refractivity contribution in [3.63, 3.8) is 0 Å². The third-order valence-electron chi connectivity index (χ3n) is 4.33. The quantitative estimate of drug-likeness (QED) is 0.910. The summed E-state index contributed by atoms with van der Waals surface area (Å²) in [5, 5.41) is 12.6. The standard InChI is InChI=1S/C17H24N2O/c1-17(2)8-6-15(7-9-17)19-12-14-10-13(11-18)4-5-16(14)20-3/h4-5,10,15,19H,6-9,12H2,1-3H3. The van der Waals surface area contributed by atoms with E-state index in [9.17, 15) is 0 Å². The molecule has 1 aromatic rings. The molecule has 0 heterocycles. The molecule has 0 radical (unpaired) electrons. The van der Waals surface area contributed by atoms with E-state index in [1.165, 1.54) is 25.7 Å². The van der Waals surface area contributed by atoms with Gasteiger partial charge in [0.15, 0.2) is 0 Å². The van der Waals surface area contributed by atoms with Crippen LogP contribution in [-0.4, -0.2) is 13.2 Å². The van der Waals surface area contributed by atoms with Crippen molar-refractivity contribution in [2.45, 2.75) is 52.1 Å². The van der Waals surface area contributed by atoms with Crippen LogP contribution in [0.1, 0.15) is 50.7 Å². The molecule has 0 bridgehead atoms. The summed E-state index contributed by atoms with van der Waals surface area (Å²) >= 11 is 0. The van der Waals surface area contributed by atoms with Crippen LogP contribution in [0.2, 0.25) is 0 Å². The van der Waals surface area contributed by atoms with Crippen molar-refractivity contribution in [2.24, 2.45) is 5.41 Å². The molecular formula is C17H24N2O. The molecule has 0 unspecified atom stereocenters. The van der Waals surface area contributed by atoms with Gasteiger partial charge in [-0.05, 0) is 49.3 Å². The van der Waals surface area contributed by atoms with Gasteiger partial charge in [-0.25, -0.2) is 0 Å². The summed E-state index contributed by atoms with van der Waals surface area (Å²) in [6.45, 7) is 5.47. The van der Waals surface area contributed by atoms with Crippen LogP contribution in [0.25, 0.3) is 0 Å². The van der Waals surface area contributed by atoms with Crippen molar-refractivity contribution < 1.29 is 4.74 Å². The van der Waals surface area contributed by atoms with E-state index in [0.717, 1.165) is 17.9 Å². The normalized spacial score (nSPS) is 18.5. The number of ether oxygens (including phenoxy) is 1. The second kappa shape index (κ2) is 6.28. The fourth-order valence-corrected chi connectivity index (χ4v) is 2.84. The summed E-state index contributed by atoms with van der Waals surface area (Å²) in [4.78, 5) is 0. The highest BCUT2D eigenvalue weighted by molar-refractivity contribution is 5.42. The third kappa shape index (κ3) is 3.74. The smallest absolute Gasteiger partial charge is 0.123 e. The number of hydrogen-bond acceptors (Lipinski definition) is 3. The zero-order valence-corrected chi connectivity index (χ0v) is 12.7. The lowest BCUT2D eigenvalue weighted by molar-refractivity contribution is 0.205. The molecule has 20 heavy (non-hydrogen) atoms. The summed E-state index contributed by atoms with van der Waals surface area (Å²) in [7, 11) is 1.67. The lowest BCUT2D eigenvalue weighted by Crippen LogP contribution is -2.35. The Morgan fingerprint density at radius 2 is 2.05 bits per heavy atom. The second-order valence-corrected chi connectivity index (χ2v) is 6.46. The number of nitrogens with zero attached hydrogens (tertiary/aromatic N) is 1. The largest absolute Gasteiger partial charge is 0.496 e. The van der Waals surface area contributed by atoms with E-state index in [1.807, 2.05) is 12.1 Å². The van der Waals surface area contributed by atoms with E-state index >= 15 is 0 Å². The van der Waals surface area contributed by atoms with E-state index < -0.39 is 0 Å². The number of nitrogens with one attached hydrogen (secondary N) is 1.